The van der Waals surface area contributed by atoms with Gasteiger partial charge in [-0.2, -0.15) is 13.2 Å². The van der Waals surface area contributed by atoms with E-state index < -0.39 is 11.7 Å². The van der Waals surface area contributed by atoms with Crippen LogP contribution in [0.5, 0.6) is 11.5 Å². The Balaban J connectivity index is 0.00000364. The van der Waals surface area contributed by atoms with Crippen molar-refractivity contribution in [2.45, 2.75) is 19.1 Å². The highest BCUT2D eigenvalue weighted by molar-refractivity contribution is 5.85. The molecule has 2 aromatic rings. The van der Waals surface area contributed by atoms with E-state index in [2.05, 4.69) is 15.6 Å². The zero-order valence-electron chi connectivity index (χ0n) is 15.1. The zero-order chi connectivity index (χ0) is 19.0. The number of halogens is 4. The van der Waals surface area contributed by atoms with Gasteiger partial charge in [0, 0.05) is 24.8 Å². The Morgan fingerprint density at radius 1 is 1.04 bits per heavy atom. The second kappa shape index (κ2) is 10.8. The molecule has 2 rings (SSSR count). The second-order valence-electron chi connectivity index (χ2n) is 5.56. The van der Waals surface area contributed by atoms with E-state index >= 15 is 0 Å². The number of nitrogens with zero attached hydrogens (tertiary/aromatic N) is 1. The minimum absolute atomic E-state index is 0. The molecule has 0 unspecified atom stereocenters. The van der Waals surface area contributed by atoms with Gasteiger partial charge in [-0.3, -0.25) is 0 Å². The highest BCUT2D eigenvalue weighted by atomic mass is 35.5. The molecule has 0 bridgehead atoms. The number of aromatic nitrogens is 1. The molecule has 9 heteroatoms. The van der Waals surface area contributed by atoms with Crippen LogP contribution in [0.3, 0.4) is 0 Å². The van der Waals surface area contributed by atoms with Crippen molar-refractivity contribution in [3.8, 4) is 11.5 Å². The maximum atomic E-state index is 12.5. The minimum atomic E-state index is -4.36. The summed E-state index contributed by atoms with van der Waals surface area (Å²) in [4.78, 5) is 3.77. The summed E-state index contributed by atoms with van der Waals surface area (Å²) in [6.07, 6.45) is -2.75. The van der Waals surface area contributed by atoms with Crippen LogP contribution in [0.15, 0.2) is 36.5 Å². The summed E-state index contributed by atoms with van der Waals surface area (Å²) in [5.41, 5.74) is 0.237. The molecule has 0 saturated carbocycles. The fourth-order valence-corrected chi connectivity index (χ4v) is 2.34. The van der Waals surface area contributed by atoms with Gasteiger partial charge >= 0.3 is 6.18 Å². The van der Waals surface area contributed by atoms with Crippen LogP contribution in [0.4, 0.5) is 19.0 Å². The van der Waals surface area contributed by atoms with Crippen LogP contribution in [0.2, 0.25) is 0 Å². The van der Waals surface area contributed by atoms with Crippen molar-refractivity contribution in [1.82, 2.24) is 10.3 Å². The molecule has 27 heavy (non-hydrogen) atoms. The SMILES string of the molecule is COc1ccc(OC)c(CNCCCNc2ccc(C(F)(F)F)cn2)c1.Cl. The van der Waals surface area contributed by atoms with Gasteiger partial charge in [-0.05, 0) is 43.3 Å². The molecule has 0 atom stereocenters. The normalized spacial score (nSPS) is 10.9. The number of pyridine rings is 1. The first-order valence-corrected chi connectivity index (χ1v) is 8.13. The predicted octanol–water partition coefficient (Wildman–Crippen LogP) is 4.13. The van der Waals surface area contributed by atoms with Gasteiger partial charge in [0.2, 0.25) is 0 Å². The Hall–Kier alpha value is -2.19. The highest BCUT2D eigenvalue weighted by Gasteiger charge is 2.30. The third-order valence-corrected chi connectivity index (χ3v) is 3.73. The average molecular weight is 406 g/mol. The summed E-state index contributed by atoms with van der Waals surface area (Å²) in [6, 6.07) is 7.95. The Bertz CT molecular complexity index is 697. The van der Waals surface area contributed by atoms with Crippen molar-refractivity contribution in [1.29, 1.82) is 0 Å². The second-order valence-corrected chi connectivity index (χ2v) is 5.56. The molecule has 2 N–H and O–H groups in total. The van der Waals surface area contributed by atoms with E-state index in [9.17, 15) is 13.2 Å². The number of anilines is 1. The fourth-order valence-electron chi connectivity index (χ4n) is 2.34. The molecule has 1 aromatic carbocycles. The quantitative estimate of drug-likeness (QED) is 0.614. The van der Waals surface area contributed by atoms with Crippen molar-refractivity contribution in [2.75, 3.05) is 32.6 Å². The lowest BCUT2D eigenvalue weighted by Gasteiger charge is -2.12. The van der Waals surface area contributed by atoms with E-state index in [1.54, 1.807) is 14.2 Å². The number of rotatable bonds is 9. The number of hydrogen-bond donors (Lipinski definition) is 2. The van der Waals surface area contributed by atoms with Gasteiger partial charge < -0.3 is 20.1 Å². The molecule has 5 nitrogen and oxygen atoms in total. The van der Waals surface area contributed by atoms with E-state index in [-0.39, 0.29) is 12.4 Å². The first-order valence-electron chi connectivity index (χ1n) is 8.13. The van der Waals surface area contributed by atoms with Gasteiger partial charge in [-0.15, -0.1) is 12.4 Å². The van der Waals surface area contributed by atoms with Crippen molar-refractivity contribution in [3.63, 3.8) is 0 Å². The third-order valence-electron chi connectivity index (χ3n) is 3.73. The van der Waals surface area contributed by atoms with Crippen molar-refractivity contribution >= 4 is 18.2 Å². The van der Waals surface area contributed by atoms with Crippen LogP contribution in [0.1, 0.15) is 17.5 Å². The van der Waals surface area contributed by atoms with Crippen LogP contribution in [-0.2, 0) is 12.7 Å². The summed E-state index contributed by atoms with van der Waals surface area (Å²) >= 11 is 0. The first kappa shape index (κ1) is 22.9. The Labute approximate surface area is 162 Å². The summed E-state index contributed by atoms with van der Waals surface area (Å²) in [5.74, 6) is 1.97. The average Bonchev–Trinajstić information content (AvgIpc) is 2.64. The predicted molar refractivity (Wildman–Crippen MR) is 101 cm³/mol. The molecule has 150 valence electrons. The molecule has 0 aliphatic heterocycles. The van der Waals surface area contributed by atoms with E-state index in [1.165, 1.54) is 6.07 Å². The molecule has 1 heterocycles. The van der Waals surface area contributed by atoms with Gasteiger partial charge in [0.25, 0.3) is 0 Å². The summed E-state index contributed by atoms with van der Waals surface area (Å²) in [7, 11) is 3.23. The Morgan fingerprint density at radius 3 is 2.41 bits per heavy atom. The van der Waals surface area contributed by atoms with E-state index in [4.69, 9.17) is 9.47 Å². The molecule has 0 radical (unpaired) electrons. The molecule has 0 aliphatic carbocycles. The van der Waals surface area contributed by atoms with Gasteiger partial charge in [0.15, 0.2) is 0 Å². The van der Waals surface area contributed by atoms with Crippen LogP contribution >= 0.6 is 12.4 Å². The van der Waals surface area contributed by atoms with E-state index in [0.29, 0.717) is 18.9 Å². The van der Waals surface area contributed by atoms with E-state index in [1.807, 2.05) is 18.2 Å². The number of hydrogen-bond acceptors (Lipinski definition) is 5. The molecule has 0 amide bonds. The van der Waals surface area contributed by atoms with Crippen LogP contribution in [-0.4, -0.2) is 32.3 Å². The Kier molecular flexibility index (Phi) is 9.17. The summed E-state index contributed by atoms with van der Waals surface area (Å²) in [6.45, 7) is 1.95. The first-order chi connectivity index (χ1) is 12.4. The Morgan fingerprint density at radius 2 is 1.81 bits per heavy atom. The van der Waals surface area contributed by atoms with Gasteiger partial charge in [0.05, 0.1) is 19.8 Å². The molecular weight excluding hydrogens is 383 g/mol. The molecule has 1 aromatic heterocycles. The largest absolute Gasteiger partial charge is 0.497 e. The minimum Gasteiger partial charge on any atom is -0.497 e. The summed E-state index contributed by atoms with van der Waals surface area (Å²) < 4.78 is 47.9. The van der Waals surface area contributed by atoms with Crippen molar-refractivity contribution in [2.24, 2.45) is 0 Å². The monoisotopic (exact) mass is 405 g/mol. The van der Waals surface area contributed by atoms with Gasteiger partial charge in [-0.25, -0.2) is 4.98 Å². The lowest BCUT2D eigenvalue weighted by molar-refractivity contribution is -0.137. The smallest absolute Gasteiger partial charge is 0.417 e. The van der Waals surface area contributed by atoms with Crippen LogP contribution in [0.25, 0.3) is 0 Å². The molecule has 0 fully saturated rings. The molecule has 0 aliphatic rings. The number of methoxy groups -OCH3 is 2. The highest BCUT2D eigenvalue weighted by Crippen LogP contribution is 2.28. The molecule has 0 spiro atoms. The topological polar surface area (TPSA) is 55.4 Å². The lowest BCUT2D eigenvalue weighted by Crippen LogP contribution is -2.18. The van der Waals surface area contributed by atoms with Crippen molar-refractivity contribution < 1.29 is 22.6 Å². The number of nitrogens with one attached hydrogen (secondary N) is 2. The van der Waals surface area contributed by atoms with Crippen LogP contribution in [0, 0.1) is 0 Å². The number of benzene rings is 1. The maximum absolute atomic E-state index is 12.5. The van der Waals surface area contributed by atoms with Gasteiger partial charge in [0.1, 0.15) is 17.3 Å². The number of alkyl halides is 3. The lowest BCUT2D eigenvalue weighted by atomic mass is 10.2. The maximum Gasteiger partial charge on any atom is 0.417 e. The van der Waals surface area contributed by atoms with Crippen molar-refractivity contribution in [3.05, 3.63) is 47.7 Å². The van der Waals surface area contributed by atoms with Gasteiger partial charge in [-0.1, -0.05) is 0 Å². The molecule has 0 saturated heterocycles. The van der Waals surface area contributed by atoms with E-state index in [0.717, 1.165) is 42.3 Å². The third kappa shape index (κ3) is 7.15. The number of ether oxygens (including phenoxy) is 2. The van der Waals surface area contributed by atoms with Crippen LogP contribution < -0.4 is 20.1 Å². The summed E-state index contributed by atoms with van der Waals surface area (Å²) in [5, 5.41) is 6.30. The fraction of sp³-hybridized carbons (Fsp3) is 0.389. The zero-order valence-corrected chi connectivity index (χ0v) is 15.9. The standard InChI is InChI=1S/C18H22F3N3O2.ClH/c1-25-15-5-6-16(26-2)13(10-15)11-22-8-3-9-23-17-7-4-14(12-24-17)18(19,20)21;/h4-7,10,12,22H,3,8-9,11H2,1-2H3,(H,23,24);1H. The molecular formula is C18H23ClF3N3O2.